The first-order valence-electron chi connectivity index (χ1n) is 5.82. The summed E-state index contributed by atoms with van der Waals surface area (Å²) in [4.78, 5) is 22.5. The van der Waals surface area contributed by atoms with Crippen LogP contribution in [-0.2, 0) is 9.59 Å². The van der Waals surface area contributed by atoms with Crippen molar-refractivity contribution in [2.75, 3.05) is 13.6 Å². The summed E-state index contributed by atoms with van der Waals surface area (Å²) in [6.07, 6.45) is 4.77. The van der Waals surface area contributed by atoms with Crippen LogP contribution in [0.25, 0.3) is 0 Å². The van der Waals surface area contributed by atoms with Crippen molar-refractivity contribution in [3.63, 3.8) is 0 Å². The molecule has 1 saturated carbocycles. The first kappa shape index (κ1) is 13.0. The zero-order chi connectivity index (χ0) is 12.0. The Morgan fingerprint density at radius 2 is 1.88 bits per heavy atom. The molecular weight excluding hydrogens is 206 g/mol. The Kier molecular flexibility index (Phi) is 4.73. The van der Waals surface area contributed by atoms with E-state index in [9.17, 15) is 9.59 Å². The van der Waals surface area contributed by atoms with Crippen LogP contribution in [0.15, 0.2) is 0 Å². The Balaban J connectivity index is 2.18. The minimum absolute atomic E-state index is 0.0479. The van der Waals surface area contributed by atoms with Crippen molar-refractivity contribution in [3.8, 4) is 0 Å². The van der Waals surface area contributed by atoms with Crippen molar-refractivity contribution in [2.24, 2.45) is 5.73 Å². The van der Waals surface area contributed by atoms with Gasteiger partial charge in [0, 0.05) is 32.0 Å². The van der Waals surface area contributed by atoms with E-state index in [4.69, 9.17) is 5.73 Å². The number of carbonyl (C=O) groups excluding carboxylic acids is 2. The van der Waals surface area contributed by atoms with E-state index in [0.717, 1.165) is 25.7 Å². The number of carbonyl (C=O) groups is 2. The molecule has 0 aromatic heterocycles. The summed E-state index contributed by atoms with van der Waals surface area (Å²) in [5.74, 6) is -0.114. The van der Waals surface area contributed by atoms with Gasteiger partial charge >= 0.3 is 0 Å². The zero-order valence-electron chi connectivity index (χ0n) is 9.84. The maximum absolute atomic E-state index is 11.6. The van der Waals surface area contributed by atoms with E-state index in [0.29, 0.717) is 19.4 Å². The average Bonchev–Trinajstić information content (AvgIpc) is 2.64. The highest BCUT2D eigenvalue weighted by Crippen LogP contribution is 2.29. The molecule has 0 aromatic rings. The smallest absolute Gasteiger partial charge is 0.221 e. The third-order valence-electron chi connectivity index (χ3n) is 3.07. The molecule has 16 heavy (non-hydrogen) atoms. The third-order valence-corrected chi connectivity index (χ3v) is 3.07. The number of nitrogens with two attached hydrogens (primary N) is 1. The van der Waals surface area contributed by atoms with Crippen molar-refractivity contribution in [1.29, 1.82) is 0 Å². The van der Waals surface area contributed by atoms with Crippen LogP contribution in [0, 0.1) is 0 Å². The largest absolute Gasteiger partial charge is 0.359 e. The fraction of sp³-hybridized carbons (Fsp3) is 0.818. The number of rotatable bonds is 5. The second kappa shape index (κ2) is 5.84. The van der Waals surface area contributed by atoms with Gasteiger partial charge in [-0.1, -0.05) is 12.8 Å². The van der Waals surface area contributed by atoms with Crippen LogP contribution >= 0.6 is 0 Å². The molecule has 0 heterocycles. The van der Waals surface area contributed by atoms with Gasteiger partial charge in [0.2, 0.25) is 11.8 Å². The van der Waals surface area contributed by atoms with Gasteiger partial charge in [0.05, 0.1) is 0 Å². The Hall–Kier alpha value is -1.10. The van der Waals surface area contributed by atoms with Crippen LogP contribution < -0.4 is 16.4 Å². The van der Waals surface area contributed by atoms with Gasteiger partial charge in [-0.25, -0.2) is 0 Å². The molecule has 0 unspecified atom stereocenters. The monoisotopic (exact) mass is 227 g/mol. The summed E-state index contributed by atoms with van der Waals surface area (Å²) >= 11 is 0. The van der Waals surface area contributed by atoms with Gasteiger partial charge in [0.1, 0.15) is 0 Å². The molecular formula is C11H21N3O2. The van der Waals surface area contributed by atoms with Gasteiger partial charge in [-0.3, -0.25) is 9.59 Å². The highest BCUT2D eigenvalue weighted by Gasteiger charge is 2.31. The fourth-order valence-corrected chi connectivity index (χ4v) is 2.08. The SMILES string of the molecule is CNC(=O)CCNC(=O)CC1(N)CCCC1. The van der Waals surface area contributed by atoms with E-state index in [-0.39, 0.29) is 17.4 Å². The van der Waals surface area contributed by atoms with Gasteiger partial charge < -0.3 is 16.4 Å². The van der Waals surface area contributed by atoms with Gasteiger partial charge in [0.15, 0.2) is 0 Å². The fourth-order valence-electron chi connectivity index (χ4n) is 2.08. The minimum atomic E-state index is -0.308. The Bertz CT molecular complexity index is 260. The minimum Gasteiger partial charge on any atom is -0.359 e. The van der Waals surface area contributed by atoms with Crippen molar-refractivity contribution in [2.45, 2.75) is 44.1 Å². The highest BCUT2D eigenvalue weighted by atomic mass is 16.2. The second-order valence-corrected chi connectivity index (χ2v) is 4.52. The van der Waals surface area contributed by atoms with Gasteiger partial charge in [-0.05, 0) is 12.8 Å². The van der Waals surface area contributed by atoms with E-state index in [1.807, 2.05) is 0 Å². The molecule has 2 amide bonds. The third kappa shape index (κ3) is 4.18. The molecule has 5 heteroatoms. The van der Waals surface area contributed by atoms with Crippen LogP contribution in [0.5, 0.6) is 0 Å². The molecule has 1 fully saturated rings. The molecule has 0 atom stereocenters. The predicted molar refractivity (Wildman–Crippen MR) is 61.7 cm³/mol. The Morgan fingerprint density at radius 1 is 1.25 bits per heavy atom. The summed E-state index contributed by atoms with van der Waals surface area (Å²) in [7, 11) is 1.58. The van der Waals surface area contributed by atoms with Crippen LogP contribution in [0.3, 0.4) is 0 Å². The lowest BCUT2D eigenvalue weighted by Crippen LogP contribution is -2.42. The van der Waals surface area contributed by atoms with Crippen molar-refractivity contribution in [3.05, 3.63) is 0 Å². The van der Waals surface area contributed by atoms with Gasteiger partial charge in [-0.2, -0.15) is 0 Å². The van der Waals surface area contributed by atoms with Crippen LogP contribution in [0.4, 0.5) is 0 Å². The topological polar surface area (TPSA) is 84.2 Å². The van der Waals surface area contributed by atoms with E-state index in [1.54, 1.807) is 7.05 Å². The number of hydrogen-bond donors (Lipinski definition) is 3. The van der Waals surface area contributed by atoms with Gasteiger partial charge in [-0.15, -0.1) is 0 Å². The molecule has 0 aromatic carbocycles. The van der Waals surface area contributed by atoms with E-state index in [1.165, 1.54) is 0 Å². The number of nitrogens with one attached hydrogen (secondary N) is 2. The molecule has 92 valence electrons. The van der Waals surface area contributed by atoms with Gasteiger partial charge in [0.25, 0.3) is 0 Å². The van der Waals surface area contributed by atoms with E-state index >= 15 is 0 Å². The molecule has 4 N–H and O–H groups in total. The Labute approximate surface area is 96.1 Å². The standard InChI is InChI=1S/C11H21N3O2/c1-13-9(15)4-7-14-10(16)8-11(12)5-2-3-6-11/h2-8,12H2,1H3,(H,13,15)(H,14,16). The predicted octanol–water partition coefficient (Wildman–Crippen LogP) is -0.0997. The van der Waals surface area contributed by atoms with Crippen molar-refractivity contribution >= 4 is 11.8 Å². The van der Waals surface area contributed by atoms with E-state index in [2.05, 4.69) is 10.6 Å². The molecule has 1 rings (SSSR count). The molecule has 1 aliphatic rings. The summed E-state index contributed by atoms with van der Waals surface area (Å²) in [6.45, 7) is 0.384. The summed E-state index contributed by atoms with van der Waals surface area (Å²) in [5.41, 5.74) is 5.77. The summed E-state index contributed by atoms with van der Waals surface area (Å²) < 4.78 is 0. The normalized spacial score (nSPS) is 18.1. The quantitative estimate of drug-likeness (QED) is 0.613. The van der Waals surface area contributed by atoms with Crippen LogP contribution in [-0.4, -0.2) is 30.9 Å². The lowest BCUT2D eigenvalue weighted by molar-refractivity contribution is -0.122. The summed E-state index contributed by atoms with van der Waals surface area (Å²) in [6, 6.07) is 0. The van der Waals surface area contributed by atoms with Crippen molar-refractivity contribution in [1.82, 2.24) is 10.6 Å². The lowest BCUT2D eigenvalue weighted by atomic mass is 9.94. The van der Waals surface area contributed by atoms with Crippen molar-refractivity contribution < 1.29 is 9.59 Å². The van der Waals surface area contributed by atoms with Crippen LogP contribution in [0.1, 0.15) is 38.5 Å². The Morgan fingerprint density at radius 3 is 2.44 bits per heavy atom. The summed E-state index contributed by atoms with van der Waals surface area (Å²) in [5, 5.41) is 5.22. The second-order valence-electron chi connectivity index (χ2n) is 4.52. The molecule has 0 saturated heterocycles. The lowest BCUT2D eigenvalue weighted by Gasteiger charge is -2.22. The number of amides is 2. The molecule has 0 spiro atoms. The maximum atomic E-state index is 11.6. The zero-order valence-corrected chi connectivity index (χ0v) is 9.84. The molecule has 1 aliphatic carbocycles. The number of hydrogen-bond acceptors (Lipinski definition) is 3. The molecule has 5 nitrogen and oxygen atoms in total. The first-order chi connectivity index (χ1) is 7.56. The van der Waals surface area contributed by atoms with Crippen LogP contribution in [0.2, 0.25) is 0 Å². The highest BCUT2D eigenvalue weighted by molar-refractivity contribution is 5.79. The first-order valence-corrected chi connectivity index (χ1v) is 5.82. The molecule has 0 radical (unpaired) electrons. The van der Waals surface area contributed by atoms with E-state index < -0.39 is 0 Å². The molecule has 0 aliphatic heterocycles. The average molecular weight is 227 g/mol. The molecule has 0 bridgehead atoms. The maximum Gasteiger partial charge on any atom is 0.221 e.